The minimum atomic E-state index is -0.319. The maximum atomic E-state index is 10.5. The van der Waals surface area contributed by atoms with Crippen molar-refractivity contribution in [2.75, 3.05) is 0 Å². The van der Waals surface area contributed by atoms with Gasteiger partial charge in [0.05, 0.1) is 0 Å². The molecule has 0 aromatic heterocycles. The van der Waals surface area contributed by atoms with E-state index in [1.165, 1.54) is 12.1 Å². The summed E-state index contributed by atoms with van der Waals surface area (Å²) in [6.45, 7) is 1.82. The summed E-state index contributed by atoms with van der Waals surface area (Å²) in [7, 11) is 0. The van der Waals surface area contributed by atoms with E-state index in [1.807, 2.05) is 6.92 Å². The van der Waals surface area contributed by atoms with Crippen LogP contribution in [0.3, 0.4) is 0 Å². The van der Waals surface area contributed by atoms with Crippen LogP contribution in [0.15, 0.2) is 18.2 Å². The van der Waals surface area contributed by atoms with Crippen molar-refractivity contribution in [2.45, 2.75) is 6.92 Å². The van der Waals surface area contributed by atoms with Crippen LogP contribution in [-0.2, 0) is 0 Å². The van der Waals surface area contributed by atoms with Crippen molar-refractivity contribution in [1.82, 2.24) is 0 Å². The van der Waals surface area contributed by atoms with Crippen molar-refractivity contribution in [2.24, 2.45) is 0 Å². The molecule has 0 heterocycles. The van der Waals surface area contributed by atoms with Crippen molar-refractivity contribution in [3.63, 3.8) is 0 Å². The van der Waals surface area contributed by atoms with Gasteiger partial charge in [0.1, 0.15) is 5.75 Å². The Kier molecular flexibility index (Phi) is 1.30. The standard InChI is InChI=1S/C7H8O2/c1-5-2-3-6(8)7(9)4-5/h2-4,8-9H,1H3/p-1. The Bertz CT molecular complexity index is 218. The summed E-state index contributed by atoms with van der Waals surface area (Å²) in [6, 6.07) is 4.47. The molecule has 0 fully saturated rings. The Morgan fingerprint density at radius 3 is 2.56 bits per heavy atom. The lowest BCUT2D eigenvalue weighted by atomic mass is 10.2. The quantitative estimate of drug-likeness (QED) is 0.553. The van der Waals surface area contributed by atoms with E-state index in [9.17, 15) is 5.11 Å². The van der Waals surface area contributed by atoms with Crippen LogP contribution in [0, 0.1) is 6.92 Å². The third-order valence-electron chi connectivity index (χ3n) is 1.11. The average molecular weight is 123 g/mol. The van der Waals surface area contributed by atoms with Gasteiger partial charge in [0.15, 0.2) is 0 Å². The Hall–Kier alpha value is -1.18. The van der Waals surface area contributed by atoms with Crippen LogP contribution in [0.5, 0.6) is 11.5 Å². The van der Waals surface area contributed by atoms with Crippen LogP contribution in [0.2, 0.25) is 0 Å². The largest absolute Gasteiger partial charge is 0.870 e. The molecule has 0 bridgehead atoms. The molecule has 0 aliphatic carbocycles. The molecule has 1 N–H and O–H groups in total. The molecule has 0 unspecified atom stereocenters. The van der Waals surface area contributed by atoms with E-state index < -0.39 is 0 Å². The number of phenols is 1. The van der Waals surface area contributed by atoms with Crippen LogP contribution in [-0.4, -0.2) is 5.11 Å². The van der Waals surface area contributed by atoms with Crippen molar-refractivity contribution in [3.05, 3.63) is 23.8 Å². The predicted octanol–water partition coefficient (Wildman–Crippen LogP) is 0.774. The minimum absolute atomic E-state index is 0.171. The van der Waals surface area contributed by atoms with Crippen molar-refractivity contribution in [1.29, 1.82) is 0 Å². The van der Waals surface area contributed by atoms with Gasteiger partial charge in [-0.2, -0.15) is 0 Å². The Labute approximate surface area is 53.4 Å². The lowest BCUT2D eigenvalue weighted by Crippen LogP contribution is -1.88. The monoisotopic (exact) mass is 123 g/mol. The lowest BCUT2D eigenvalue weighted by molar-refractivity contribution is -0.270. The first-order valence-corrected chi connectivity index (χ1v) is 2.67. The van der Waals surface area contributed by atoms with Crippen LogP contribution < -0.4 is 5.11 Å². The number of hydrogen-bond acceptors (Lipinski definition) is 2. The van der Waals surface area contributed by atoms with E-state index in [0.29, 0.717) is 0 Å². The topological polar surface area (TPSA) is 43.3 Å². The summed E-state index contributed by atoms with van der Waals surface area (Å²) < 4.78 is 0. The molecule has 0 saturated heterocycles. The molecule has 9 heavy (non-hydrogen) atoms. The molecule has 48 valence electrons. The Balaban J connectivity index is 3.17. The van der Waals surface area contributed by atoms with E-state index in [1.54, 1.807) is 6.07 Å². The Morgan fingerprint density at radius 2 is 2.11 bits per heavy atom. The maximum absolute atomic E-state index is 10.5. The molecular formula is C7H7O2-. The molecule has 0 aliphatic heterocycles. The maximum Gasteiger partial charge on any atom is 0.108 e. The van der Waals surface area contributed by atoms with E-state index in [0.717, 1.165) is 5.56 Å². The summed E-state index contributed by atoms with van der Waals surface area (Å²) in [5.74, 6) is -0.490. The smallest absolute Gasteiger partial charge is 0.108 e. The zero-order valence-electron chi connectivity index (χ0n) is 5.09. The zero-order valence-corrected chi connectivity index (χ0v) is 5.09. The third kappa shape index (κ3) is 1.13. The number of benzene rings is 1. The first-order chi connectivity index (χ1) is 4.20. The molecular weight excluding hydrogens is 116 g/mol. The molecule has 0 aliphatic rings. The van der Waals surface area contributed by atoms with Crippen LogP contribution in [0.1, 0.15) is 5.56 Å². The minimum Gasteiger partial charge on any atom is -0.870 e. The normalized spacial score (nSPS) is 9.44. The average Bonchev–Trinajstić information content (AvgIpc) is 1.80. The number of aromatic hydroxyl groups is 1. The number of aryl methyl sites for hydroxylation is 1. The van der Waals surface area contributed by atoms with Crippen LogP contribution >= 0.6 is 0 Å². The molecule has 0 amide bonds. The lowest BCUT2D eigenvalue weighted by Gasteiger charge is -2.06. The second kappa shape index (κ2) is 1.97. The second-order valence-corrected chi connectivity index (χ2v) is 1.97. The first-order valence-electron chi connectivity index (χ1n) is 2.67. The van der Waals surface area contributed by atoms with Gasteiger partial charge in [-0.1, -0.05) is 17.9 Å². The molecule has 2 heteroatoms. The molecule has 1 aromatic rings. The Morgan fingerprint density at radius 1 is 1.44 bits per heavy atom. The fourth-order valence-corrected chi connectivity index (χ4v) is 0.627. The molecule has 2 nitrogen and oxygen atoms in total. The van der Waals surface area contributed by atoms with Gasteiger partial charge in [-0.15, -0.1) is 0 Å². The fourth-order valence-electron chi connectivity index (χ4n) is 0.627. The summed E-state index contributed by atoms with van der Waals surface area (Å²) >= 11 is 0. The first kappa shape index (κ1) is 5.95. The van der Waals surface area contributed by atoms with Gasteiger partial charge in [0, 0.05) is 0 Å². The van der Waals surface area contributed by atoms with Gasteiger partial charge < -0.3 is 10.2 Å². The van der Waals surface area contributed by atoms with Gasteiger partial charge in [-0.25, -0.2) is 0 Å². The van der Waals surface area contributed by atoms with E-state index in [-0.39, 0.29) is 11.5 Å². The molecule has 1 rings (SSSR count). The molecule has 0 spiro atoms. The number of hydrogen-bond donors (Lipinski definition) is 1. The zero-order chi connectivity index (χ0) is 6.85. The molecule has 0 atom stereocenters. The number of phenolic OH excluding ortho intramolecular Hbond substituents is 1. The van der Waals surface area contributed by atoms with Gasteiger partial charge >= 0.3 is 0 Å². The van der Waals surface area contributed by atoms with Gasteiger partial charge in [-0.3, -0.25) is 0 Å². The van der Waals surface area contributed by atoms with Gasteiger partial charge in [0.2, 0.25) is 0 Å². The second-order valence-electron chi connectivity index (χ2n) is 1.97. The summed E-state index contributed by atoms with van der Waals surface area (Å²) in [5.41, 5.74) is 0.895. The van der Waals surface area contributed by atoms with E-state index in [2.05, 4.69) is 0 Å². The van der Waals surface area contributed by atoms with E-state index in [4.69, 9.17) is 5.11 Å². The highest BCUT2D eigenvalue weighted by atomic mass is 16.3. The van der Waals surface area contributed by atoms with E-state index >= 15 is 0 Å². The SMILES string of the molecule is Cc1ccc([O-])c(O)c1. The summed E-state index contributed by atoms with van der Waals surface area (Å²) in [5, 5.41) is 19.3. The van der Waals surface area contributed by atoms with Gasteiger partial charge in [-0.05, 0) is 18.6 Å². The predicted molar refractivity (Wildman–Crippen MR) is 32.3 cm³/mol. The molecule has 0 saturated carbocycles. The summed E-state index contributed by atoms with van der Waals surface area (Å²) in [4.78, 5) is 0. The molecule has 0 radical (unpaired) electrons. The summed E-state index contributed by atoms with van der Waals surface area (Å²) in [6.07, 6.45) is 0. The van der Waals surface area contributed by atoms with Gasteiger partial charge in [0.25, 0.3) is 0 Å². The van der Waals surface area contributed by atoms with Crippen molar-refractivity contribution < 1.29 is 10.2 Å². The highest BCUT2D eigenvalue weighted by Crippen LogP contribution is 2.21. The van der Waals surface area contributed by atoms with Crippen molar-refractivity contribution in [3.8, 4) is 11.5 Å². The fraction of sp³-hybridized carbons (Fsp3) is 0.143. The molecule has 1 aromatic carbocycles. The highest BCUT2D eigenvalue weighted by molar-refractivity contribution is 5.38. The van der Waals surface area contributed by atoms with Crippen LogP contribution in [0.4, 0.5) is 0 Å². The third-order valence-corrected chi connectivity index (χ3v) is 1.11. The highest BCUT2D eigenvalue weighted by Gasteiger charge is 1.87. The van der Waals surface area contributed by atoms with Crippen LogP contribution in [0.25, 0.3) is 0 Å². The number of rotatable bonds is 0. The van der Waals surface area contributed by atoms with Crippen molar-refractivity contribution >= 4 is 0 Å².